The zero-order chi connectivity index (χ0) is 22.2. The summed E-state index contributed by atoms with van der Waals surface area (Å²) >= 11 is 0. The molecule has 0 aliphatic heterocycles. The molecule has 0 spiro atoms. The molecule has 3 aromatic rings. The fraction of sp³-hybridized carbons (Fsp3) is 0.364. The highest BCUT2D eigenvalue weighted by molar-refractivity contribution is 5.90. The number of aryl methyl sites for hydroxylation is 2. The standard InChI is InChI=1S/C22H28FN7O/c1-16-12-18(21-26-27-28-30(21)3)14-20(13-16)25-22(31)24-10-4-5-11-29(2)15-17-6-8-19(23)9-7-17/h6-9,12-14H,4-5,10-11,15H2,1-3H3,(H2,24,25,31). The molecule has 0 saturated heterocycles. The smallest absolute Gasteiger partial charge is 0.319 e. The monoisotopic (exact) mass is 425 g/mol. The summed E-state index contributed by atoms with van der Waals surface area (Å²) in [6, 6.07) is 12.0. The van der Waals surface area contributed by atoms with E-state index in [1.165, 1.54) is 12.1 Å². The minimum Gasteiger partial charge on any atom is -0.338 e. The molecule has 0 fully saturated rings. The van der Waals surface area contributed by atoms with Crippen molar-refractivity contribution < 1.29 is 9.18 Å². The van der Waals surface area contributed by atoms with Crippen LogP contribution in [0.3, 0.4) is 0 Å². The maximum atomic E-state index is 13.0. The highest BCUT2D eigenvalue weighted by Crippen LogP contribution is 2.22. The first-order valence-corrected chi connectivity index (χ1v) is 10.2. The molecule has 0 saturated carbocycles. The second kappa shape index (κ2) is 10.6. The number of carbonyl (C=O) groups excluding carboxylic acids is 1. The summed E-state index contributed by atoms with van der Waals surface area (Å²) in [4.78, 5) is 14.4. The number of nitrogens with one attached hydrogen (secondary N) is 2. The second-order valence-corrected chi connectivity index (χ2v) is 7.67. The Morgan fingerprint density at radius 2 is 1.94 bits per heavy atom. The van der Waals surface area contributed by atoms with E-state index in [0.29, 0.717) is 18.1 Å². The summed E-state index contributed by atoms with van der Waals surface area (Å²) in [7, 11) is 3.81. The van der Waals surface area contributed by atoms with Crippen LogP contribution in [0, 0.1) is 12.7 Å². The molecule has 31 heavy (non-hydrogen) atoms. The van der Waals surface area contributed by atoms with Crippen LogP contribution in [0.4, 0.5) is 14.9 Å². The first kappa shape index (κ1) is 22.4. The third-order valence-electron chi connectivity index (χ3n) is 4.83. The van der Waals surface area contributed by atoms with Gasteiger partial charge in [0.05, 0.1) is 0 Å². The number of aromatic nitrogens is 4. The lowest BCUT2D eigenvalue weighted by molar-refractivity contribution is 0.251. The molecule has 2 N–H and O–H groups in total. The Bertz CT molecular complexity index is 1000. The van der Waals surface area contributed by atoms with Crippen LogP contribution in [0.25, 0.3) is 11.4 Å². The summed E-state index contributed by atoms with van der Waals surface area (Å²) in [6.07, 6.45) is 1.82. The Morgan fingerprint density at radius 3 is 2.65 bits per heavy atom. The van der Waals surface area contributed by atoms with E-state index in [9.17, 15) is 9.18 Å². The zero-order valence-corrected chi connectivity index (χ0v) is 18.1. The maximum absolute atomic E-state index is 13.0. The van der Waals surface area contributed by atoms with E-state index in [2.05, 4.69) is 31.1 Å². The molecule has 8 nitrogen and oxygen atoms in total. The van der Waals surface area contributed by atoms with Crippen LogP contribution >= 0.6 is 0 Å². The first-order valence-electron chi connectivity index (χ1n) is 10.2. The van der Waals surface area contributed by atoms with E-state index in [-0.39, 0.29) is 11.8 Å². The molecule has 2 amide bonds. The molecular weight excluding hydrogens is 397 g/mol. The van der Waals surface area contributed by atoms with Gasteiger partial charge < -0.3 is 15.5 Å². The molecular formula is C22H28FN7O. The van der Waals surface area contributed by atoms with Gasteiger partial charge >= 0.3 is 6.03 Å². The molecule has 9 heteroatoms. The van der Waals surface area contributed by atoms with Crippen molar-refractivity contribution in [2.24, 2.45) is 7.05 Å². The molecule has 0 atom stereocenters. The number of unbranched alkanes of at least 4 members (excludes halogenated alkanes) is 1. The normalized spacial score (nSPS) is 11.0. The van der Waals surface area contributed by atoms with Crippen LogP contribution in [0.15, 0.2) is 42.5 Å². The van der Waals surface area contributed by atoms with Crippen molar-refractivity contribution in [3.63, 3.8) is 0 Å². The number of benzene rings is 2. The first-order chi connectivity index (χ1) is 14.9. The average Bonchev–Trinajstić information content (AvgIpc) is 3.15. The number of amides is 2. The Balaban J connectivity index is 1.39. The summed E-state index contributed by atoms with van der Waals surface area (Å²) in [6.45, 7) is 4.21. The lowest BCUT2D eigenvalue weighted by Crippen LogP contribution is -2.30. The number of anilines is 1. The largest absolute Gasteiger partial charge is 0.338 e. The van der Waals surface area contributed by atoms with Crippen molar-refractivity contribution in [3.8, 4) is 11.4 Å². The number of hydrogen-bond donors (Lipinski definition) is 2. The van der Waals surface area contributed by atoms with E-state index in [1.54, 1.807) is 23.9 Å². The van der Waals surface area contributed by atoms with Crippen molar-refractivity contribution >= 4 is 11.7 Å². The van der Waals surface area contributed by atoms with Gasteiger partial charge in [-0.2, -0.15) is 0 Å². The van der Waals surface area contributed by atoms with Gasteiger partial charge in [0.1, 0.15) is 5.82 Å². The molecule has 0 aliphatic carbocycles. The Hall–Kier alpha value is -3.33. The lowest BCUT2D eigenvalue weighted by atomic mass is 10.1. The molecule has 0 bridgehead atoms. The Morgan fingerprint density at radius 1 is 1.16 bits per heavy atom. The number of tetrazole rings is 1. The van der Waals surface area contributed by atoms with Crippen LogP contribution in [0.1, 0.15) is 24.0 Å². The van der Waals surface area contributed by atoms with Crippen molar-refractivity contribution in [1.29, 1.82) is 0 Å². The maximum Gasteiger partial charge on any atom is 0.319 e. The Labute approximate surface area is 181 Å². The second-order valence-electron chi connectivity index (χ2n) is 7.67. The molecule has 164 valence electrons. The molecule has 0 aliphatic rings. The highest BCUT2D eigenvalue weighted by Gasteiger charge is 2.09. The molecule has 3 rings (SSSR count). The summed E-state index contributed by atoms with van der Waals surface area (Å²) < 4.78 is 14.6. The molecule has 1 heterocycles. The molecule has 0 unspecified atom stereocenters. The zero-order valence-electron chi connectivity index (χ0n) is 18.1. The summed E-state index contributed by atoms with van der Waals surface area (Å²) in [5, 5.41) is 17.3. The van der Waals surface area contributed by atoms with Crippen LogP contribution in [0.2, 0.25) is 0 Å². The summed E-state index contributed by atoms with van der Waals surface area (Å²) in [5.41, 5.74) is 3.61. The number of urea groups is 1. The minimum absolute atomic E-state index is 0.219. The van der Waals surface area contributed by atoms with E-state index in [0.717, 1.165) is 42.6 Å². The van der Waals surface area contributed by atoms with Crippen LogP contribution in [-0.4, -0.2) is 51.3 Å². The Kier molecular flexibility index (Phi) is 7.66. The fourth-order valence-electron chi connectivity index (χ4n) is 3.32. The van der Waals surface area contributed by atoms with Gasteiger partial charge in [-0.15, -0.1) is 5.10 Å². The highest BCUT2D eigenvalue weighted by atomic mass is 19.1. The van der Waals surface area contributed by atoms with Gasteiger partial charge in [0.15, 0.2) is 5.82 Å². The lowest BCUT2D eigenvalue weighted by Gasteiger charge is -2.16. The van der Waals surface area contributed by atoms with Gasteiger partial charge in [0.25, 0.3) is 0 Å². The number of hydrogen-bond acceptors (Lipinski definition) is 5. The van der Waals surface area contributed by atoms with Gasteiger partial charge in [-0.3, -0.25) is 0 Å². The number of rotatable bonds is 9. The van der Waals surface area contributed by atoms with E-state index in [1.807, 2.05) is 32.2 Å². The van der Waals surface area contributed by atoms with Crippen molar-refractivity contribution in [2.75, 3.05) is 25.5 Å². The SMILES string of the molecule is Cc1cc(NC(=O)NCCCCN(C)Cc2ccc(F)cc2)cc(-c2nnnn2C)c1. The minimum atomic E-state index is -0.243. The topological polar surface area (TPSA) is 88.0 Å². The van der Waals surface area contributed by atoms with Gasteiger partial charge in [-0.05, 0) is 85.2 Å². The van der Waals surface area contributed by atoms with Gasteiger partial charge in [0.2, 0.25) is 0 Å². The van der Waals surface area contributed by atoms with Crippen molar-refractivity contribution in [2.45, 2.75) is 26.3 Å². The van der Waals surface area contributed by atoms with Gasteiger partial charge in [-0.1, -0.05) is 12.1 Å². The molecule has 2 aromatic carbocycles. The van der Waals surface area contributed by atoms with Crippen LogP contribution in [-0.2, 0) is 13.6 Å². The molecule has 0 radical (unpaired) electrons. The predicted octanol–water partition coefficient (Wildman–Crippen LogP) is 3.36. The van der Waals surface area contributed by atoms with Crippen LogP contribution in [0.5, 0.6) is 0 Å². The summed E-state index contributed by atoms with van der Waals surface area (Å²) in [5.74, 6) is 0.417. The average molecular weight is 426 g/mol. The third kappa shape index (κ3) is 6.85. The number of carbonyl (C=O) groups is 1. The van der Waals surface area contributed by atoms with E-state index >= 15 is 0 Å². The van der Waals surface area contributed by atoms with E-state index < -0.39 is 0 Å². The van der Waals surface area contributed by atoms with Gasteiger partial charge in [0, 0.05) is 31.4 Å². The van der Waals surface area contributed by atoms with Gasteiger partial charge in [-0.25, -0.2) is 13.9 Å². The van der Waals surface area contributed by atoms with E-state index in [4.69, 9.17) is 0 Å². The molecule has 1 aromatic heterocycles. The van der Waals surface area contributed by atoms with Crippen molar-refractivity contribution in [3.05, 3.63) is 59.4 Å². The number of halogens is 1. The van der Waals surface area contributed by atoms with Crippen molar-refractivity contribution in [1.82, 2.24) is 30.4 Å². The quantitative estimate of drug-likeness (QED) is 0.513. The van der Waals surface area contributed by atoms with Crippen LogP contribution < -0.4 is 10.6 Å². The number of nitrogens with zero attached hydrogens (tertiary/aromatic N) is 5. The predicted molar refractivity (Wildman–Crippen MR) is 118 cm³/mol. The fourth-order valence-corrected chi connectivity index (χ4v) is 3.32. The third-order valence-corrected chi connectivity index (χ3v) is 4.83.